The smallest absolute Gasteiger partial charge is 0.221 e. The third-order valence-corrected chi connectivity index (χ3v) is 5.76. The Kier molecular flexibility index (Phi) is 7.15. The van der Waals surface area contributed by atoms with Crippen molar-refractivity contribution in [2.24, 2.45) is 0 Å². The number of carbonyl (C=O) groups excluding carboxylic acids is 1. The summed E-state index contributed by atoms with van der Waals surface area (Å²) >= 11 is 0. The van der Waals surface area contributed by atoms with E-state index in [1.807, 2.05) is 30.5 Å². The molecule has 0 fully saturated rings. The summed E-state index contributed by atoms with van der Waals surface area (Å²) in [4.78, 5) is 12.7. The fourth-order valence-electron chi connectivity index (χ4n) is 4.17. The highest BCUT2D eigenvalue weighted by Crippen LogP contribution is 2.36. The molecule has 4 nitrogen and oxygen atoms in total. The van der Waals surface area contributed by atoms with Gasteiger partial charge < -0.3 is 14.6 Å². The minimum atomic E-state index is -0.465. The van der Waals surface area contributed by atoms with Crippen molar-refractivity contribution in [2.75, 3.05) is 20.3 Å². The number of ether oxygens (including phenoxy) is 1. The zero-order chi connectivity index (χ0) is 23.2. The highest BCUT2D eigenvalue weighted by Gasteiger charge is 2.25. The molecule has 1 amide bonds. The first-order chi connectivity index (χ1) is 16.1. The number of aromatic nitrogens is 1. The van der Waals surface area contributed by atoms with Gasteiger partial charge in [-0.1, -0.05) is 48.5 Å². The fraction of sp³-hybridized carbons (Fsp3) is 0.222. The number of methoxy groups -OCH3 is 1. The highest BCUT2D eigenvalue weighted by molar-refractivity contribution is 5.86. The molecule has 0 radical (unpaired) electrons. The summed E-state index contributed by atoms with van der Waals surface area (Å²) < 4.78 is 35.3. The number of para-hydroxylation sites is 1. The summed E-state index contributed by atoms with van der Waals surface area (Å²) in [6, 6.07) is 20.8. The van der Waals surface area contributed by atoms with Crippen LogP contribution in [0, 0.1) is 11.6 Å². The van der Waals surface area contributed by atoms with Crippen molar-refractivity contribution < 1.29 is 18.3 Å². The number of nitrogens with one attached hydrogen (secondary N) is 1. The lowest BCUT2D eigenvalue weighted by molar-refractivity contribution is -0.121. The van der Waals surface area contributed by atoms with Crippen molar-refractivity contribution in [3.8, 4) is 0 Å². The van der Waals surface area contributed by atoms with Crippen molar-refractivity contribution in [1.82, 2.24) is 9.88 Å². The maximum atomic E-state index is 14.9. The maximum Gasteiger partial charge on any atom is 0.221 e. The van der Waals surface area contributed by atoms with Crippen LogP contribution < -0.4 is 5.32 Å². The molecule has 1 aromatic heterocycles. The molecule has 1 heterocycles. The molecule has 0 unspecified atom stereocenters. The number of benzene rings is 3. The summed E-state index contributed by atoms with van der Waals surface area (Å²) in [6.07, 6.45) is 2.09. The molecule has 0 aliphatic heterocycles. The molecular formula is C27H26F2N2O2. The van der Waals surface area contributed by atoms with Gasteiger partial charge in [0.1, 0.15) is 11.6 Å². The Morgan fingerprint density at radius 3 is 2.45 bits per heavy atom. The summed E-state index contributed by atoms with van der Waals surface area (Å²) in [5.41, 5.74) is 3.27. The first-order valence-corrected chi connectivity index (χ1v) is 10.9. The van der Waals surface area contributed by atoms with E-state index in [9.17, 15) is 13.6 Å². The van der Waals surface area contributed by atoms with Crippen LogP contribution in [0.3, 0.4) is 0 Å². The van der Waals surface area contributed by atoms with E-state index in [2.05, 4.69) is 9.88 Å². The number of hydrogen-bond donors (Lipinski definition) is 1. The van der Waals surface area contributed by atoms with E-state index in [1.54, 1.807) is 37.4 Å². The van der Waals surface area contributed by atoms with Crippen LogP contribution in [0.4, 0.5) is 8.78 Å². The van der Waals surface area contributed by atoms with Gasteiger partial charge in [-0.05, 0) is 41.0 Å². The lowest BCUT2D eigenvalue weighted by Crippen LogP contribution is -2.28. The fourth-order valence-corrected chi connectivity index (χ4v) is 4.17. The van der Waals surface area contributed by atoms with Crippen LogP contribution in [0.25, 0.3) is 10.9 Å². The van der Waals surface area contributed by atoms with E-state index in [0.717, 1.165) is 22.0 Å². The molecule has 0 aliphatic carbocycles. The van der Waals surface area contributed by atoms with E-state index < -0.39 is 5.92 Å². The van der Waals surface area contributed by atoms with Crippen LogP contribution in [0.2, 0.25) is 0 Å². The number of nitrogens with zero attached hydrogens (tertiary/aromatic N) is 1. The van der Waals surface area contributed by atoms with Crippen LogP contribution >= 0.6 is 0 Å². The summed E-state index contributed by atoms with van der Waals surface area (Å²) in [5, 5.41) is 3.80. The Labute approximate surface area is 191 Å². The van der Waals surface area contributed by atoms with Crippen LogP contribution in [0.15, 0.2) is 79.0 Å². The van der Waals surface area contributed by atoms with Gasteiger partial charge in [-0.15, -0.1) is 0 Å². The molecule has 6 heteroatoms. The third-order valence-electron chi connectivity index (χ3n) is 5.76. The van der Waals surface area contributed by atoms with Crippen molar-refractivity contribution >= 4 is 16.8 Å². The second kappa shape index (κ2) is 10.4. The van der Waals surface area contributed by atoms with E-state index in [4.69, 9.17) is 4.74 Å². The number of amides is 1. The van der Waals surface area contributed by atoms with E-state index in [1.165, 1.54) is 18.2 Å². The normalized spacial score (nSPS) is 12.1. The topological polar surface area (TPSA) is 43.3 Å². The van der Waals surface area contributed by atoms with E-state index in [0.29, 0.717) is 25.3 Å². The number of halogens is 2. The monoisotopic (exact) mass is 448 g/mol. The zero-order valence-electron chi connectivity index (χ0n) is 18.4. The van der Waals surface area contributed by atoms with Gasteiger partial charge in [-0.3, -0.25) is 4.79 Å². The van der Waals surface area contributed by atoms with Crippen LogP contribution in [0.1, 0.15) is 29.0 Å². The number of fused-ring (bicyclic) bond motifs is 1. The van der Waals surface area contributed by atoms with Gasteiger partial charge in [-0.2, -0.15) is 0 Å². The van der Waals surface area contributed by atoms with Gasteiger partial charge in [0.25, 0.3) is 0 Å². The summed E-state index contributed by atoms with van der Waals surface area (Å²) in [6.45, 7) is 1.34. The van der Waals surface area contributed by atoms with Crippen LogP contribution in [-0.2, 0) is 16.1 Å². The molecule has 0 aliphatic rings. The summed E-state index contributed by atoms with van der Waals surface area (Å²) in [7, 11) is 1.57. The number of rotatable bonds is 9. The minimum Gasteiger partial charge on any atom is -0.383 e. The highest BCUT2D eigenvalue weighted by atomic mass is 19.1. The van der Waals surface area contributed by atoms with Gasteiger partial charge >= 0.3 is 0 Å². The lowest BCUT2D eigenvalue weighted by atomic mass is 9.87. The first-order valence-electron chi connectivity index (χ1n) is 10.9. The van der Waals surface area contributed by atoms with Gasteiger partial charge in [0.05, 0.1) is 6.61 Å². The van der Waals surface area contributed by atoms with Crippen molar-refractivity contribution in [3.05, 3.63) is 107 Å². The maximum absolute atomic E-state index is 14.9. The minimum absolute atomic E-state index is 0.106. The van der Waals surface area contributed by atoms with Crippen LogP contribution in [0.5, 0.6) is 0 Å². The quantitative estimate of drug-likeness (QED) is 0.355. The molecule has 4 aromatic rings. The average molecular weight is 449 g/mol. The molecule has 0 saturated heterocycles. The Morgan fingerprint density at radius 1 is 0.970 bits per heavy atom. The van der Waals surface area contributed by atoms with Gasteiger partial charge in [0, 0.05) is 49.6 Å². The predicted molar refractivity (Wildman–Crippen MR) is 125 cm³/mol. The average Bonchev–Trinajstić information content (AvgIpc) is 3.18. The van der Waals surface area contributed by atoms with Crippen molar-refractivity contribution in [2.45, 2.75) is 18.9 Å². The van der Waals surface area contributed by atoms with E-state index in [-0.39, 0.29) is 24.0 Å². The molecule has 1 N–H and O–H groups in total. The zero-order valence-corrected chi connectivity index (χ0v) is 18.4. The van der Waals surface area contributed by atoms with Gasteiger partial charge in [-0.25, -0.2) is 8.78 Å². The van der Waals surface area contributed by atoms with E-state index >= 15 is 0 Å². The molecule has 33 heavy (non-hydrogen) atoms. The Morgan fingerprint density at radius 2 is 1.70 bits per heavy atom. The molecule has 0 bridgehead atoms. The van der Waals surface area contributed by atoms with Crippen LogP contribution in [-0.4, -0.2) is 30.7 Å². The largest absolute Gasteiger partial charge is 0.383 e. The summed E-state index contributed by atoms with van der Waals surface area (Å²) in [5.74, 6) is -1.26. The Bertz CT molecular complexity index is 1230. The third kappa shape index (κ3) is 5.29. The van der Waals surface area contributed by atoms with Crippen molar-refractivity contribution in [3.63, 3.8) is 0 Å². The lowest BCUT2D eigenvalue weighted by Gasteiger charge is -2.18. The first kappa shape index (κ1) is 22.7. The molecule has 1 atom stereocenters. The number of carbonyl (C=O) groups is 1. The molecule has 3 aromatic carbocycles. The molecule has 4 rings (SSSR count). The van der Waals surface area contributed by atoms with Gasteiger partial charge in [0.2, 0.25) is 5.91 Å². The molecular weight excluding hydrogens is 422 g/mol. The second-order valence-electron chi connectivity index (χ2n) is 7.98. The van der Waals surface area contributed by atoms with Crippen molar-refractivity contribution in [1.29, 1.82) is 0 Å². The molecule has 0 saturated carbocycles. The second-order valence-corrected chi connectivity index (χ2v) is 7.98. The van der Waals surface area contributed by atoms with Gasteiger partial charge in [0.15, 0.2) is 0 Å². The predicted octanol–water partition coefficient (Wildman–Crippen LogP) is 5.25. The molecule has 170 valence electrons. The standard InChI is InChI=1S/C27H26F2N2O2/c1-33-15-14-30-27(32)16-23(21-6-2-4-8-25(21)29)24-18-31(26-9-5-3-7-22(24)26)17-19-10-12-20(28)13-11-19/h2-13,18,23H,14-17H2,1H3,(H,30,32)/t23-/m0/s1. The Hall–Kier alpha value is -3.51. The SMILES string of the molecule is COCCNC(=O)C[C@@H](c1ccccc1F)c1cn(Cc2ccc(F)cc2)c2ccccc12. The number of hydrogen-bond acceptors (Lipinski definition) is 2. The molecule has 0 spiro atoms. The Balaban J connectivity index is 1.75.